The number of carbonyl (C=O) groups excluding carboxylic acids is 2. The summed E-state index contributed by atoms with van der Waals surface area (Å²) in [6.45, 7) is 2.49. The summed E-state index contributed by atoms with van der Waals surface area (Å²) >= 11 is 3.72. The van der Waals surface area contributed by atoms with E-state index in [-0.39, 0.29) is 28.0 Å². The van der Waals surface area contributed by atoms with Crippen molar-refractivity contribution in [2.24, 2.45) is 5.16 Å². The number of carbonyl (C=O) groups is 3. The predicted molar refractivity (Wildman–Crippen MR) is 128 cm³/mol. The number of thioether (sulfide) groups is 2. The van der Waals surface area contributed by atoms with E-state index in [1.807, 2.05) is 6.92 Å². The van der Waals surface area contributed by atoms with Gasteiger partial charge in [0.2, 0.25) is 5.16 Å². The number of aliphatic carboxylic acids is 1. The van der Waals surface area contributed by atoms with E-state index in [0.29, 0.717) is 23.0 Å². The van der Waals surface area contributed by atoms with E-state index in [0.717, 1.165) is 11.3 Å². The standard InChI is InChI=1S/C17H20N10O5S3/c1-3-19-27-17(22-24-25-27)35-5-7-4-33-14-10(13(29)26(14)11(7)15(30)31)21-12(28)9(23-32-2)8-6-34-16(18)20-8/h6,10,14,19H,3-5H2,1-2H3,(H2,18,20)(H,21,28)(H,30,31)/t10-,14+/m1/s1. The SMILES string of the molecule is CCNn1nnnc1SCC1=C(C(=O)O)N2C(=O)[C@@H](NC(=O)C(=NOC)c3csc(N)n3)[C@@H]2SC1. The topological polar surface area (TPSA) is 203 Å². The first-order valence-electron chi connectivity index (χ1n) is 10.0. The van der Waals surface area contributed by atoms with Crippen molar-refractivity contribution in [2.75, 3.05) is 36.3 Å². The van der Waals surface area contributed by atoms with Crippen molar-refractivity contribution in [1.29, 1.82) is 0 Å². The van der Waals surface area contributed by atoms with Gasteiger partial charge in [0.05, 0.1) is 0 Å². The molecular weight excluding hydrogens is 520 g/mol. The number of carboxylic acids is 1. The van der Waals surface area contributed by atoms with Crippen LogP contribution in [0.25, 0.3) is 0 Å². The first-order chi connectivity index (χ1) is 16.8. The van der Waals surface area contributed by atoms with Crippen LogP contribution in [0.15, 0.2) is 27.0 Å². The summed E-state index contributed by atoms with van der Waals surface area (Å²) in [4.78, 5) is 49.2. The van der Waals surface area contributed by atoms with Crippen LogP contribution in [0.4, 0.5) is 5.13 Å². The van der Waals surface area contributed by atoms with Gasteiger partial charge in [-0.15, -0.1) is 27.9 Å². The summed E-state index contributed by atoms with van der Waals surface area (Å²) in [7, 11) is 1.27. The van der Waals surface area contributed by atoms with Gasteiger partial charge in [-0.05, 0) is 22.9 Å². The van der Waals surface area contributed by atoms with Crippen molar-refractivity contribution in [2.45, 2.75) is 23.5 Å². The molecule has 2 amide bonds. The van der Waals surface area contributed by atoms with Crippen LogP contribution in [-0.2, 0) is 19.2 Å². The molecule has 2 aliphatic rings. The second-order valence-electron chi connectivity index (χ2n) is 6.99. The van der Waals surface area contributed by atoms with Gasteiger partial charge < -0.3 is 26.4 Å². The predicted octanol–water partition coefficient (Wildman–Crippen LogP) is -0.843. The number of fused-ring (bicyclic) bond motifs is 1. The Morgan fingerprint density at radius 2 is 2.26 bits per heavy atom. The molecule has 186 valence electrons. The summed E-state index contributed by atoms with van der Waals surface area (Å²) in [5, 5.41) is 29.2. The number of thiazole rings is 1. The second kappa shape index (κ2) is 10.5. The molecule has 2 atom stereocenters. The fraction of sp³-hybridized carbons (Fsp3) is 0.412. The molecule has 1 saturated heterocycles. The van der Waals surface area contributed by atoms with E-state index in [4.69, 9.17) is 10.6 Å². The molecule has 2 aromatic rings. The van der Waals surface area contributed by atoms with Gasteiger partial charge in [-0.25, -0.2) is 9.78 Å². The van der Waals surface area contributed by atoms with Crippen LogP contribution in [-0.4, -0.2) is 95.4 Å². The maximum Gasteiger partial charge on any atom is 0.352 e. The second-order valence-corrected chi connectivity index (χ2v) is 9.92. The lowest BCUT2D eigenvalue weighted by Crippen LogP contribution is -2.71. The third-order valence-electron chi connectivity index (χ3n) is 4.82. The number of nitrogen functional groups attached to an aromatic ring is 1. The maximum absolute atomic E-state index is 12.9. The minimum absolute atomic E-state index is 0.0997. The maximum atomic E-state index is 12.9. The lowest BCUT2D eigenvalue weighted by molar-refractivity contribution is -0.150. The van der Waals surface area contributed by atoms with Gasteiger partial charge in [-0.1, -0.05) is 22.0 Å². The Balaban J connectivity index is 1.48. The number of nitrogens with one attached hydrogen (secondary N) is 2. The Bertz CT molecular complexity index is 1210. The molecule has 18 heteroatoms. The minimum Gasteiger partial charge on any atom is -0.477 e. The quantitative estimate of drug-likeness (QED) is 0.126. The van der Waals surface area contributed by atoms with E-state index in [9.17, 15) is 19.5 Å². The lowest BCUT2D eigenvalue weighted by Gasteiger charge is -2.49. The van der Waals surface area contributed by atoms with Crippen LogP contribution >= 0.6 is 34.9 Å². The van der Waals surface area contributed by atoms with Gasteiger partial charge in [0.1, 0.15) is 29.9 Å². The molecule has 0 aliphatic carbocycles. The number of hydrogen-bond acceptors (Lipinski definition) is 14. The van der Waals surface area contributed by atoms with Crippen LogP contribution in [0.5, 0.6) is 0 Å². The average molecular weight is 541 g/mol. The van der Waals surface area contributed by atoms with Crippen LogP contribution in [0, 0.1) is 0 Å². The van der Waals surface area contributed by atoms with Gasteiger partial charge in [0.25, 0.3) is 11.8 Å². The summed E-state index contributed by atoms with van der Waals surface area (Å²) in [5.41, 5.74) is 9.10. The number of carboxylic acid groups (broad SMARTS) is 1. The molecule has 35 heavy (non-hydrogen) atoms. The summed E-state index contributed by atoms with van der Waals surface area (Å²) < 4.78 is 0. The number of β-lactam (4-membered cyclic amide) rings is 1. The Kier molecular flexibility index (Phi) is 7.41. The van der Waals surface area contributed by atoms with Gasteiger partial charge in [0, 0.05) is 23.4 Å². The summed E-state index contributed by atoms with van der Waals surface area (Å²) in [6, 6.07) is -0.935. The number of amides is 2. The lowest BCUT2D eigenvalue weighted by atomic mass is 10.0. The number of hydrogen-bond donors (Lipinski definition) is 4. The highest BCUT2D eigenvalue weighted by atomic mass is 32.2. The van der Waals surface area contributed by atoms with E-state index in [1.54, 1.807) is 5.38 Å². The summed E-state index contributed by atoms with van der Waals surface area (Å²) in [6.07, 6.45) is 0. The van der Waals surface area contributed by atoms with Crippen LogP contribution in [0.2, 0.25) is 0 Å². The normalized spacial score (nSPS) is 19.8. The van der Waals surface area contributed by atoms with E-state index < -0.39 is 29.2 Å². The minimum atomic E-state index is -1.23. The molecule has 0 aromatic carbocycles. The Morgan fingerprint density at radius 1 is 1.46 bits per heavy atom. The molecule has 0 radical (unpaired) electrons. The van der Waals surface area contributed by atoms with E-state index in [1.165, 1.54) is 40.3 Å². The van der Waals surface area contributed by atoms with E-state index in [2.05, 4.69) is 36.4 Å². The molecule has 0 spiro atoms. The molecular formula is C17H20N10O5S3. The number of anilines is 1. The Hall–Kier alpha value is -3.38. The molecule has 2 aliphatic heterocycles. The highest BCUT2D eigenvalue weighted by Gasteiger charge is 2.54. The highest BCUT2D eigenvalue weighted by Crippen LogP contribution is 2.41. The first kappa shape index (κ1) is 24.7. The van der Waals surface area contributed by atoms with Gasteiger partial charge >= 0.3 is 5.97 Å². The van der Waals surface area contributed by atoms with Crippen molar-refractivity contribution in [3.63, 3.8) is 0 Å². The van der Waals surface area contributed by atoms with Crippen LogP contribution in [0.3, 0.4) is 0 Å². The van der Waals surface area contributed by atoms with Crippen molar-refractivity contribution >= 4 is 63.5 Å². The number of nitrogens with zero attached hydrogens (tertiary/aromatic N) is 7. The van der Waals surface area contributed by atoms with Crippen LogP contribution < -0.4 is 16.5 Å². The molecule has 4 rings (SSSR count). The van der Waals surface area contributed by atoms with Gasteiger partial charge in [-0.2, -0.15) is 0 Å². The van der Waals surface area contributed by atoms with Crippen molar-refractivity contribution in [3.05, 3.63) is 22.3 Å². The number of aromatic nitrogens is 5. The smallest absolute Gasteiger partial charge is 0.352 e. The molecule has 0 bridgehead atoms. The number of oxime groups is 1. The van der Waals surface area contributed by atoms with Crippen molar-refractivity contribution < 1.29 is 24.3 Å². The Labute approximate surface area is 210 Å². The third-order valence-corrected chi connectivity index (χ3v) is 7.84. The molecule has 2 aromatic heterocycles. The molecule has 4 heterocycles. The molecule has 1 fully saturated rings. The van der Waals surface area contributed by atoms with E-state index >= 15 is 0 Å². The zero-order chi connectivity index (χ0) is 25.1. The number of rotatable bonds is 10. The zero-order valence-electron chi connectivity index (χ0n) is 18.4. The van der Waals surface area contributed by atoms with Gasteiger partial charge in [-0.3, -0.25) is 14.5 Å². The van der Waals surface area contributed by atoms with Crippen LogP contribution in [0.1, 0.15) is 12.6 Å². The number of tetrazole rings is 1. The molecule has 15 nitrogen and oxygen atoms in total. The first-order valence-corrected chi connectivity index (χ1v) is 13.0. The fourth-order valence-corrected chi connectivity index (χ4v) is 6.25. The molecule has 0 saturated carbocycles. The molecule has 0 unspecified atom stereocenters. The van der Waals surface area contributed by atoms with Crippen molar-refractivity contribution in [3.8, 4) is 0 Å². The molecule has 5 N–H and O–H groups in total. The summed E-state index contributed by atoms with van der Waals surface area (Å²) in [5.74, 6) is -1.84. The highest BCUT2D eigenvalue weighted by molar-refractivity contribution is 8.01. The largest absolute Gasteiger partial charge is 0.477 e. The zero-order valence-corrected chi connectivity index (χ0v) is 20.8. The van der Waals surface area contributed by atoms with Crippen molar-refractivity contribution in [1.82, 2.24) is 35.5 Å². The van der Waals surface area contributed by atoms with Gasteiger partial charge in [0.15, 0.2) is 10.8 Å². The number of nitrogens with two attached hydrogens (primary N) is 1. The average Bonchev–Trinajstić information content (AvgIpc) is 3.47. The monoisotopic (exact) mass is 540 g/mol. The third kappa shape index (κ3) is 4.89. The Morgan fingerprint density at radius 3 is 2.91 bits per heavy atom. The fourth-order valence-electron chi connectivity index (χ4n) is 3.37.